The van der Waals surface area contributed by atoms with Gasteiger partial charge in [-0.3, -0.25) is 4.79 Å². The predicted octanol–water partition coefficient (Wildman–Crippen LogP) is 14.6. The monoisotopic (exact) mass is 783 g/mol. The van der Waals surface area contributed by atoms with Crippen LogP contribution in [0.5, 0.6) is 5.75 Å². The summed E-state index contributed by atoms with van der Waals surface area (Å²) < 4.78 is 6.57. The maximum absolute atomic E-state index is 15.3. The van der Waals surface area contributed by atoms with Crippen molar-refractivity contribution in [3.05, 3.63) is 205 Å². The third kappa shape index (κ3) is 9.65. The molecule has 0 atom stereocenters. The lowest BCUT2D eigenvalue weighted by atomic mass is 9.78. The van der Waals surface area contributed by atoms with Gasteiger partial charge < -0.3 is 4.74 Å². The Kier molecular flexibility index (Phi) is 12.1. The van der Waals surface area contributed by atoms with Gasteiger partial charge >= 0.3 is 0 Å². The van der Waals surface area contributed by atoms with E-state index in [1.54, 1.807) is 7.11 Å². The van der Waals surface area contributed by atoms with E-state index in [1.165, 1.54) is 22.3 Å². The van der Waals surface area contributed by atoms with Gasteiger partial charge in [0.05, 0.1) is 7.11 Å². The van der Waals surface area contributed by atoms with E-state index in [4.69, 9.17) is 4.74 Å². The van der Waals surface area contributed by atoms with Crippen LogP contribution in [0.3, 0.4) is 0 Å². The number of ether oxygens (including phenoxy) is 1. The van der Waals surface area contributed by atoms with E-state index >= 15 is 4.79 Å². The second-order valence-electron chi connectivity index (χ2n) is 20.7. The van der Waals surface area contributed by atoms with Crippen molar-refractivity contribution in [3.8, 4) is 16.9 Å². The molecule has 0 N–H and O–H groups in total. The van der Waals surface area contributed by atoms with Gasteiger partial charge in [0.1, 0.15) is 5.75 Å². The van der Waals surface area contributed by atoms with E-state index in [2.05, 4.69) is 217 Å². The molecule has 0 heterocycles. The van der Waals surface area contributed by atoms with E-state index in [0.29, 0.717) is 11.3 Å². The molecule has 2 nitrogen and oxygen atoms in total. The Balaban J connectivity index is 1.74. The van der Waals surface area contributed by atoms with E-state index in [9.17, 15) is 0 Å². The Bertz CT molecular complexity index is 2310. The van der Waals surface area contributed by atoms with Crippen LogP contribution in [0, 0.1) is 6.92 Å². The quantitative estimate of drug-likeness (QED) is 0.154. The first-order valence-corrected chi connectivity index (χ1v) is 21.3. The van der Waals surface area contributed by atoms with Crippen LogP contribution in [0.2, 0.25) is 0 Å². The highest BCUT2D eigenvalue weighted by Crippen LogP contribution is 2.44. The van der Waals surface area contributed by atoms with E-state index in [1.807, 2.05) is 6.07 Å². The molecule has 0 saturated heterocycles. The third-order valence-electron chi connectivity index (χ3n) is 12.0. The first-order chi connectivity index (χ1) is 27.6. The molecule has 59 heavy (non-hydrogen) atoms. The van der Waals surface area contributed by atoms with E-state index in [0.717, 1.165) is 44.5 Å². The molecule has 306 valence electrons. The average molecular weight is 783 g/mol. The number of aryl methyl sites for hydroxylation is 1. The Hall–Kier alpha value is -5.21. The molecular weight excluding hydrogens is 717 g/mol. The third-order valence-corrected chi connectivity index (χ3v) is 12.0. The Labute approximate surface area is 355 Å². The summed E-state index contributed by atoms with van der Waals surface area (Å²) in [7, 11) is 1.75. The fourth-order valence-electron chi connectivity index (χ4n) is 8.16. The SMILES string of the molecule is COc1c(-c2ccc(C)cc2)cc(=O)c(C(c2ccc(C(C)(C)C)cc2)c2ccc(C(C)(C)C)cc2)cc1C(c1ccc(C(C)(C)C)cc1)c1ccc(C(C)(C)C)cc1. The molecule has 6 aromatic carbocycles. The highest BCUT2D eigenvalue weighted by Gasteiger charge is 2.29. The van der Waals surface area contributed by atoms with Crippen LogP contribution in [0.15, 0.2) is 138 Å². The van der Waals surface area contributed by atoms with Gasteiger partial charge in [0.2, 0.25) is 0 Å². The average Bonchev–Trinajstić information content (AvgIpc) is 3.30. The molecule has 0 radical (unpaired) electrons. The lowest BCUT2D eigenvalue weighted by Gasteiger charge is -2.26. The summed E-state index contributed by atoms with van der Waals surface area (Å²) in [6.45, 7) is 29.1. The van der Waals surface area contributed by atoms with Gasteiger partial charge in [-0.25, -0.2) is 0 Å². The van der Waals surface area contributed by atoms with Gasteiger partial charge in [-0.15, -0.1) is 0 Å². The van der Waals surface area contributed by atoms with Crippen molar-refractivity contribution >= 4 is 0 Å². The highest BCUT2D eigenvalue weighted by molar-refractivity contribution is 5.74. The van der Waals surface area contributed by atoms with Crippen molar-refractivity contribution in [1.29, 1.82) is 0 Å². The fraction of sp³-hybridized carbons (Fsp3) is 0.351. The van der Waals surface area contributed by atoms with Crippen LogP contribution in [0.4, 0.5) is 0 Å². The topological polar surface area (TPSA) is 26.3 Å². The fourth-order valence-corrected chi connectivity index (χ4v) is 8.16. The standard InChI is InChI=1S/C57H66O2/c1-37-15-17-38(18-16-37)47-36-50(58)48(51(39-19-27-43(28-20-39)54(2,3)4)40-21-29-44(30-22-40)55(5,6)7)35-49(53(47)59-14)52(41-23-31-45(32-24-41)56(8,9)10)42-25-33-46(34-26-42)57(11,12)13/h15-36,51-52H,1-14H3. The molecular formula is C57H66O2. The summed E-state index contributed by atoms with van der Waals surface area (Å²) in [6.07, 6.45) is 0. The number of hydrogen-bond acceptors (Lipinski definition) is 2. The van der Waals surface area contributed by atoms with E-state index < -0.39 is 0 Å². The zero-order valence-corrected chi connectivity index (χ0v) is 38.2. The molecule has 0 unspecified atom stereocenters. The van der Waals surface area contributed by atoms with Crippen LogP contribution < -0.4 is 10.2 Å². The normalized spacial score (nSPS) is 12.6. The molecule has 0 aliphatic rings. The summed E-state index contributed by atoms with van der Waals surface area (Å²) in [6, 6.07) is 48.4. The van der Waals surface area contributed by atoms with E-state index in [-0.39, 0.29) is 38.9 Å². The molecule has 0 aromatic heterocycles. The Morgan fingerprint density at radius 2 is 0.712 bits per heavy atom. The van der Waals surface area contributed by atoms with Crippen molar-refractivity contribution in [2.24, 2.45) is 0 Å². The largest absolute Gasteiger partial charge is 0.496 e. The molecule has 0 spiro atoms. The second-order valence-corrected chi connectivity index (χ2v) is 20.7. The highest BCUT2D eigenvalue weighted by atomic mass is 16.5. The number of hydrogen-bond donors (Lipinski definition) is 0. The Morgan fingerprint density at radius 3 is 1.00 bits per heavy atom. The van der Waals surface area contributed by atoms with Crippen molar-refractivity contribution in [2.45, 2.75) is 124 Å². The first kappa shape index (κ1) is 43.4. The zero-order valence-electron chi connectivity index (χ0n) is 38.2. The van der Waals surface area contributed by atoms with Crippen LogP contribution in [0.1, 0.15) is 156 Å². The summed E-state index contributed by atoms with van der Waals surface area (Å²) in [5.41, 5.74) is 14.0. The maximum atomic E-state index is 15.3. The second kappa shape index (κ2) is 16.4. The van der Waals surface area contributed by atoms with Crippen molar-refractivity contribution < 1.29 is 4.74 Å². The van der Waals surface area contributed by atoms with Gasteiger partial charge in [-0.2, -0.15) is 0 Å². The molecule has 0 aliphatic carbocycles. The molecule has 6 aromatic rings. The van der Waals surface area contributed by atoms with Crippen LogP contribution in [-0.2, 0) is 21.7 Å². The smallest absolute Gasteiger partial charge is 0.183 e. The maximum Gasteiger partial charge on any atom is 0.183 e. The molecule has 6 rings (SSSR count). The van der Waals surface area contributed by atoms with Crippen LogP contribution in [0.25, 0.3) is 11.1 Å². The number of benzene rings is 5. The first-order valence-electron chi connectivity index (χ1n) is 21.3. The Morgan fingerprint density at radius 1 is 0.407 bits per heavy atom. The van der Waals surface area contributed by atoms with Crippen LogP contribution >= 0.6 is 0 Å². The predicted molar refractivity (Wildman–Crippen MR) is 252 cm³/mol. The van der Waals surface area contributed by atoms with Gasteiger partial charge in [0.25, 0.3) is 0 Å². The zero-order chi connectivity index (χ0) is 43.1. The summed E-state index contributed by atoms with van der Waals surface area (Å²) >= 11 is 0. The number of rotatable bonds is 8. The molecule has 0 fully saturated rings. The van der Waals surface area contributed by atoms with Gasteiger partial charge in [0, 0.05) is 28.5 Å². The summed E-state index contributed by atoms with van der Waals surface area (Å²) in [5, 5.41) is 0. The van der Waals surface area contributed by atoms with Gasteiger partial charge in [-0.05, 0) is 90.8 Å². The molecule has 0 saturated carbocycles. The van der Waals surface area contributed by atoms with Crippen LogP contribution in [-0.4, -0.2) is 7.11 Å². The van der Waals surface area contributed by atoms with Crippen molar-refractivity contribution in [1.82, 2.24) is 0 Å². The summed E-state index contributed by atoms with van der Waals surface area (Å²) in [5.74, 6) is 0.126. The minimum atomic E-state index is -0.334. The molecule has 2 heteroatoms. The number of methoxy groups -OCH3 is 1. The molecule has 0 aliphatic heterocycles. The lowest BCUT2D eigenvalue weighted by Crippen LogP contribution is -2.16. The van der Waals surface area contributed by atoms with Gasteiger partial charge in [-0.1, -0.05) is 210 Å². The van der Waals surface area contributed by atoms with Crippen molar-refractivity contribution in [2.75, 3.05) is 7.11 Å². The minimum absolute atomic E-state index is 0.000791. The van der Waals surface area contributed by atoms with Crippen molar-refractivity contribution in [3.63, 3.8) is 0 Å². The van der Waals surface area contributed by atoms with Gasteiger partial charge in [0.15, 0.2) is 5.43 Å². The summed E-state index contributed by atoms with van der Waals surface area (Å²) in [4.78, 5) is 15.3. The lowest BCUT2D eigenvalue weighted by molar-refractivity contribution is 0.411. The minimum Gasteiger partial charge on any atom is -0.496 e. The molecule has 0 amide bonds. The molecule has 0 bridgehead atoms.